The monoisotopic (exact) mass is 390 g/mol. The van der Waals surface area contributed by atoms with Crippen molar-refractivity contribution in [2.75, 3.05) is 26.2 Å². The number of carboxylic acid groups (broad SMARTS) is 2. The zero-order valence-electron chi connectivity index (χ0n) is 15.0. The second-order valence-electron chi connectivity index (χ2n) is 6.15. The van der Waals surface area contributed by atoms with Crippen LogP contribution in [-0.2, 0) is 16.1 Å². The topological polar surface area (TPSA) is 98.2 Å². The van der Waals surface area contributed by atoms with E-state index in [9.17, 15) is 4.79 Å². The first kappa shape index (κ1) is 20.6. The molecule has 1 aliphatic heterocycles. The van der Waals surface area contributed by atoms with E-state index < -0.39 is 11.9 Å². The number of piperazine rings is 1. The van der Waals surface area contributed by atoms with Gasteiger partial charge >= 0.3 is 11.9 Å². The predicted octanol–water partition coefficient (Wildman–Crippen LogP) is 2.17. The Hall–Kier alpha value is -2.71. The standard InChI is InChI=1S/C17H20N2OS.C2H2O4/c1-14-4-2-5-15(12-14)13-18-7-9-19(10-8-18)17(20)16-6-3-11-21-16;3-1(4)2(5)6/h2-6,11-12H,7-10,13H2,1H3;(H,3,4)(H,5,6). The number of amides is 1. The molecular weight excluding hydrogens is 368 g/mol. The summed E-state index contributed by atoms with van der Waals surface area (Å²) in [5, 5.41) is 16.7. The Morgan fingerprint density at radius 3 is 2.19 bits per heavy atom. The van der Waals surface area contributed by atoms with Gasteiger partial charge in [-0.1, -0.05) is 35.9 Å². The van der Waals surface area contributed by atoms with Crippen LogP contribution in [0.25, 0.3) is 0 Å². The van der Waals surface area contributed by atoms with Crippen LogP contribution in [0.5, 0.6) is 0 Å². The molecule has 2 aromatic rings. The summed E-state index contributed by atoms with van der Waals surface area (Å²) in [4.78, 5) is 35.7. The molecule has 0 saturated carbocycles. The molecule has 2 N–H and O–H groups in total. The number of carbonyl (C=O) groups excluding carboxylic acids is 1. The number of hydrogen-bond acceptors (Lipinski definition) is 5. The van der Waals surface area contributed by atoms with E-state index in [1.807, 2.05) is 22.4 Å². The van der Waals surface area contributed by atoms with Crippen molar-refractivity contribution in [3.05, 3.63) is 57.8 Å². The number of nitrogens with zero attached hydrogens (tertiary/aromatic N) is 2. The summed E-state index contributed by atoms with van der Waals surface area (Å²) in [5.74, 6) is -3.47. The van der Waals surface area contributed by atoms with E-state index in [1.54, 1.807) is 0 Å². The third kappa shape index (κ3) is 6.50. The molecule has 0 aliphatic carbocycles. The highest BCUT2D eigenvalue weighted by molar-refractivity contribution is 7.12. The van der Waals surface area contributed by atoms with Gasteiger partial charge in [-0.2, -0.15) is 0 Å². The molecule has 0 unspecified atom stereocenters. The van der Waals surface area contributed by atoms with Crippen molar-refractivity contribution < 1.29 is 24.6 Å². The van der Waals surface area contributed by atoms with Gasteiger partial charge in [0.05, 0.1) is 4.88 Å². The van der Waals surface area contributed by atoms with Crippen LogP contribution in [-0.4, -0.2) is 64.0 Å². The van der Waals surface area contributed by atoms with Crippen molar-refractivity contribution in [2.45, 2.75) is 13.5 Å². The van der Waals surface area contributed by atoms with Crippen LogP contribution in [0.4, 0.5) is 0 Å². The third-order valence-corrected chi connectivity index (χ3v) is 4.92. The lowest BCUT2D eigenvalue weighted by Crippen LogP contribution is -2.48. The summed E-state index contributed by atoms with van der Waals surface area (Å²) in [6.07, 6.45) is 0. The molecule has 0 bridgehead atoms. The zero-order valence-corrected chi connectivity index (χ0v) is 15.8. The van der Waals surface area contributed by atoms with E-state index in [2.05, 4.69) is 36.1 Å². The fourth-order valence-corrected chi connectivity index (χ4v) is 3.42. The molecule has 2 heterocycles. The molecule has 1 aliphatic rings. The highest BCUT2D eigenvalue weighted by atomic mass is 32.1. The Labute approximate surface area is 161 Å². The minimum Gasteiger partial charge on any atom is -0.473 e. The second kappa shape index (κ2) is 9.84. The molecule has 7 nitrogen and oxygen atoms in total. The van der Waals surface area contributed by atoms with Crippen molar-refractivity contribution in [1.82, 2.24) is 9.80 Å². The maximum absolute atomic E-state index is 12.3. The molecule has 0 spiro atoms. The van der Waals surface area contributed by atoms with E-state index in [1.165, 1.54) is 22.5 Å². The second-order valence-corrected chi connectivity index (χ2v) is 7.09. The van der Waals surface area contributed by atoms with E-state index in [-0.39, 0.29) is 5.91 Å². The Bertz CT molecular complexity index is 771. The number of aryl methyl sites for hydroxylation is 1. The summed E-state index contributed by atoms with van der Waals surface area (Å²) in [7, 11) is 0. The average molecular weight is 390 g/mol. The van der Waals surface area contributed by atoms with Crippen LogP contribution in [0.2, 0.25) is 0 Å². The molecule has 8 heteroatoms. The molecule has 1 fully saturated rings. The smallest absolute Gasteiger partial charge is 0.414 e. The van der Waals surface area contributed by atoms with Crippen molar-refractivity contribution >= 4 is 29.2 Å². The van der Waals surface area contributed by atoms with Crippen LogP contribution < -0.4 is 0 Å². The lowest BCUT2D eigenvalue weighted by atomic mass is 10.1. The summed E-state index contributed by atoms with van der Waals surface area (Å²) < 4.78 is 0. The van der Waals surface area contributed by atoms with E-state index in [0.717, 1.165) is 37.6 Å². The number of aliphatic carboxylic acids is 2. The lowest BCUT2D eigenvalue weighted by molar-refractivity contribution is -0.159. The number of carboxylic acids is 2. The van der Waals surface area contributed by atoms with Crippen LogP contribution >= 0.6 is 11.3 Å². The van der Waals surface area contributed by atoms with Gasteiger partial charge in [-0.15, -0.1) is 11.3 Å². The van der Waals surface area contributed by atoms with Crippen molar-refractivity contribution in [3.63, 3.8) is 0 Å². The first-order valence-electron chi connectivity index (χ1n) is 8.43. The van der Waals surface area contributed by atoms with Crippen LogP contribution in [0.3, 0.4) is 0 Å². The molecule has 1 aromatic carbocycles. The van der Waals surface area contributed by atoms with Crippen molar-refractivity contribution in [2.24, 2.45) is 0 Å². The highest BCUT2D eigenvalue weighted by Gasteiger charge is 2.22. The molecule has 1 saturated heterocycles. The summed E-state index contributed by atoms with van der Waals surface area (Å²) in [6.45, 7) is 6.64. The SMILES string of the molecule is Cc1cccc(CN2CCN(C(=O)c3cccs3)CC2)c1.O=C(O)C(=O)O. The molecule has 144 valence electrons. The van der Waals surface area contributed by atoms with Gasteiger partial charge in [-0.25, -0.2) is 9.59 Å². The Morgan fingerprint density at radius 2 is 1.67 bits per heavy atom. The van der Waals surface area contributed by atoms with Crippen LogP contribution in [0.15, 0.2) is 41.8 Å². The minimum atomic E-state index is -1.82. The zero-order chi connectivity index (χ0) is 19.8. The van der Waals surface area contributed by atoms with Gasteiger partial charge in [0.2, 0.25) is 0 Å². The summed E-state index contributed by atoms with van der Waals surface area (Å²) in [5.41, 5.74) is 2.66. The normalized spacial score (nSPS) is 14.2. The van der Waals surface area contributed by atoms with Gasteiger partial charge in [0.1, 0.15) is 0 Å². The summed E-state index contributed by atoms with van der Waals surface area (Å²) >= 11 is 1.52. The number of thiophene rings is 1. The maximum Gasteiger partial charge on any atom is 0.414 e. The van der Waals surface area contributed by atoms with Crippen LogP contribution in [0, 0.1) is 6.92 Å². The number of hydrogen-bond donors (Lipinski definition) is 2. The molecular formula is C19H22N2O5S. The van der Waals surface area contributed by atoms with Gasteiger partial charge < -0.3 is 15.1 Å². The fraction of sp³-hybridized carbons (Fsp3) is 0.316. The Kier molecular flexibility index (Phi) is 7.51. The first-order chi connectivity index (χ1) is 12.9. The van der Waals surface area contributed by atoms with Gasteiger partial charge in [-0.05, 0) is 23.9 Å². The van der Waals surface area contributed by atoms with Crippen molar-refractivity contribution in [3.8, 4) is 0 Å². The lowest BCUT2D eigenvalue weighted by Gasteiger charge is -2.34. The number of benzene rings is 1. The highest BCUT2D eigenvalue weighted by Crippen LogP contribution is 2.15. The molecule has 1 aromatic heterocycles. The van der Waals surface area contributed by atoms with Crippen LogP contribution in [0.1, 0.15) is 20.8 Å². The fourth-order valence-electron chi connectivity index (χ4n) is 2.73. The Morgan fingerprint density at radius 1 is 1.00 bits per heavy atom. The van der Waals surface area contributed by atoms with Gasteiger partial charge in [-0.3, -0.25) is 9.69 Å². The average Bonchev–Trinajstić information content (AvgIpc) is 3.17. The maximum atomic E-state index is 12.3. The van der Waals surface area contributed by atoms with Gasteiger partial charge in [0, 0.05) is 32.7 Å². The van der Waals surface area contributed by atoms with E-state index in [0.29, 0.717) is 0 Å². The number of carbonyl (C=O) groups is 3. The number of rotatable bonds is 3. The molecule has 0 atom stereocenters. The molecule has 3 rings (SSSR count). The van der Waals surface area contributed by atoms with E-state index >= 15 is 0 Å². The summed E-state index contributed by atoms with van der Waals surface area (Å²) in [6, 6.07) is 12.5. The van der Waals surface area contributed by atoms with E-state index in [4.69, 9.17) is 19.8 Å². The largest absolute Gasteiger partial charge is 0.473 e. The van der Waals surface area contributed by atoms with Gasteiger partial charge in [0.15, 0.2) is 0 Å². The first-order valence-corrected chi connectivity index (χ1v) is 9.31. The minimum absolute atomic E-state index is 0.181. The molecule has 0 radical (unpaired) electrons. The predicted molar refractivity (Wildman–Crippen MR) is 102 cm³/mol. The van der Waals surface area contributed by atoms with Gasteiger partial charge in [0.25, 0.3) is 5.91 Å². The molecule has 1 amide bonds. The van der Waals surface area contributed by atoms with Crippen molar-refractivity contribution in [1.29, 1.82) is 0 Å². The quantitative estimate of drug-likeness (QED) is 0.780. The molecule has 27 heavy (non-hydrogen) atoms. The third-order valence-electron chi connectivity index (χ3n) is 4.06. The Balaban J connectivity index is 0.000000380.